The van der Waals surface area contributed by atoms with Crippen molar-refractivity contribution < 1.29 is 45.8 Å². The minimum atomic E-state index is -0.707. The predicted molar refractivity (Wildman–Crippen MR) is 152 cm³/mol. The number of allylic oxidation sites excluding steroid dienone is 16. The van der Waals surface area contributed by atoms with Crippen molar-refractivity contribution in [3.8, 4) is 0 Å². The summed E-state index contributed by atoms with van der Waals surface area (Å²) in [5.41, 5.74) is 6.84. The third-order valence-corrected chi connectivity index (χ3v) is 19.2. The van der Waals surface area contributed by atoms with Crippen LogP contribution < -0.4 is 0 Å². The molecule has 0 aromatic rings. The molecule has 4 aliphatic rings. The van der Waals surface area contributed by atoms with E-state index in [1.165, 1.54) is 89.9 Å². The summed E-state index contributed by atoms with van der Waals surface area (Å²) >= 11 is -1.39. The summed E-state index contributed by atoms with van der Waals surface area (Å²) < 4.78 is 7.53. The third-order valence-electron chi connectivity index (χ3n) is 7.36. The van der Waals surface area contributed by atoms with Gasteiger partial charge in [-0.25, -0.2) is 0 Å². The van der Waals surface area contributed by atoms with Crippen LogP contribution in [-0.2, 0) is 45.8 Å². The van der Waals surface area contributed by atoms with Crippen LogP contribution in [0.25, 0.3) is 0 Å². The molecule has 0 atom stereocenters. The van der Waals surface area contributed by atoms with E-state index in [9.17, 15) is 0 Å². The molecular formula is C34H48Hf2. The van der Waals surface area contributed by atoms with Crippen LogP contribution in [-0.4, -0.2) is 0 Å². The second-order valence-electron chi connectivity index (χ2n) is 10.4. The van der Waals surface area contributed by atoms with Crippen LogP contribution in [0.4, 0.5) is 0 Å². The van der Waals surface area contributed by atoms with Crippen LogP contribution in [0.2, 0.25) is 0 Å². The van der Waals surface area contributed by atoms with E-state index in [0.717, 1.165) is 0 Å². The second-order valence-corrected chi connectivity index (χ2v) is 20.9. The fourth-order valence-electron chi connectivity index (χ4n) is 5.30. The van der Waals surface area contributed by atoms with Crippen molar-refractivity contribution in [1.29, 1.82) is 0 Å². The van der Waals surface area contributed by atoms with Gasteiger partial charge in [-0.15, -0.1) is 0 Å². The predicted octanol–water partition coefficient (Wildman–Crippen LogP) is 11.0. The first-order valence-electron chi connectivity index (χ1n) is 14.8. The molecule has 192 valence electrons. The molecule has 0 amide bonds. The molecule has 0 N–H and O–H groups in total. The Morgan fingerprint density at radius 3 is 1.03 bits per heavy atom. The Kier molecular flexibility index (Phi) is 14.5. The Morgan fingerprint density at radius 1 is 0.444 bits per heavy atom. The van der Waals surface area contributed by atoms with Crippen LogP contribution in [0.1, 0.15) is 118 Å². The first-order valence-corrected chi connectivity index (χ1v) is 22.0. The normalized spacial score (nSPS) is 18.3. The molecule has 36 heavy (non-hydrogen) atoms. The van der Waals surface area contributed by atoms with Gasteiger partial charge in [-0.3, -0.25) is 0 Å². The van der Waals surface area contributed by atoms with E-state index < -0.39 is 45.8 Å². The zero-order valence-electron chi connectivity index (χ0n) is 23.5. The molecule has 2 heteroatoms. The van der Waals surface area contributed by atoms with Crippen molar-refractivity contribution in [3.63, 3.8) is 0 Å². The van der Waals surface area contributed by atoms with Crippen molar-refractivity contribution in [2.75, 3.05) is 0 Å². The van der Waals surface area contributed by atoms with E-state index in [0.29, 0.717) is 0 Å². The van der Waals surface area contributed by atoms with Crippen LogP contribution >= 0.6 is 0 Å². The van der Waals surface area contributed by atoms with Crippen molar-refractivity contribution >= 4 is 0 Å². The SMILES string of the molecule is CCCC1=[C]([Hf][C]2=C(CCC)C=CC2)CC=C1.CCCCC1=[C]([Hf][C]2=C(CCCC)C=CC2)CC=C1. The fourth-order valence-corrected chi connectivity index (χ4v) is 16.4. The molecular weight excluding hydrogens is 765 g/mol. The molecule has 0 radical (unpaired) electrons. The zero-order chi connectivity index (χ0) is 25.6. The second kappa shape index (κ2) is 17.3. The van der Waals surface area contributed by atoms with Crippen molar-refractivity contribution in [3.05, 3.63) is 84.2 Å². The van der Waals surface area contributed by atoms with Gasteiger partial charge in [0.05, 0.1) is 0 Å². The Labute approximate surface area is 245 Å². The van der Waals surface area contributed by atoms with Gasteiger partial charge in [0.2, 0.25) is 0 Å². The summed E-state index contributed by atoms with van der Waals surface area (Å²) in [6.45, 7) is 9.19. The molecule has 0 aromatic heterocycles. The summed E-state index contributed by atoms with van der Waals surface area (Å²) in [4.78, 5) is 0. The summed E-state index contributed by atoms with van der Waals surface area (Å²) in [6.07, 6.45) is 37.6. The fraction of sp³-hybridized carbons (Fsp3) is 0.529. The molecule has 0 saturated carbocycles. The molecule has 0 aliphatic heterocycles. The van der Waals surface area contributed by atoms with E-state index in [1.807, 2.05) is 13.3 Å². The monoisotopic (exact) mass is 816 g/mol. The van der Waals surface area contributed by atoms with Gasteiger partial charge in [-0.1, -0.05) is 0 Å². The maximum atomic E-state index is 2.42. The van der Waals surface area contributed by atoms with Gasteiger partial charge in [0, 0.05) is 0 Å². The average molecular weight is 814 g/mol. The van der Waals surface area contributed by atoms with Crippen LogP contribution in [0.5, 0.6) is 0 Å². The van der Waals surface area contributed by atoms with Gasteiger partial charge in [0.25, 0.3) is 0 Å². The first-order chi connectivity index (χ1) is 17.7. The molecule has 0 saturated heterocycles. The van der Waals surface area contributed by atoms with Crippen molar-refractivity contribution in [2.45, 2.75) is 118 Å². The van der Waals surface area contributed by atoms with E-state index in [4.69, 9.17) is 0 Å². The van der Waals surface area contributed by atoms with Gasteiger partial charge in [-0.05, 0) is 0 Å². The van der Waals surface area contributed by atoms with Gasteiger partial charge < -0.3 is 0 Å². The van der Waals surface area contributed by atoms with Crippen LogP contribution in [0, 0.1) is 0 Å². The van der Waals surface area contributed by atoms with Crippen molar-refractivity contribution in [2.24, 2.45) is 0 Å². The molecule has 0 aromatic carbocycles. The topological polar surface area (TPSA) is 0 Å². The summed E-state index contributed by atoms with van der Waals surface area (Å²) in [7, 11) is 0. The minimum absolute atomic E-state index is 0.683. The molecule has 0 nitrogen and oxygen atoms in total. The molecule has 0 bridgehead atoms. The molecule has 0 heterocycles. The van der Waals surface area contributed by atoms with E-state index in [1.54, 1.807) is 22.3 Å². The molecule has 0 spiro atoms. The van der Waals surface area contributed by atoms with E-state index >= 15 is 0 Å². The molecule has 0 unspecified atom stereocenters. The Bertz CT molecular complexity index is 897. The molecule has 4 aliphatic carbocycles. The zero-order valence-corrected chi connectivity index (χ0v) is 30.7. The first kappa shape index (κ1) is 30.2. The maximum absolute atomic E-state index is 2.42. The standard InChI is InChI=1S/2C9H13.2C8H11.2Hf/c2*1-2-3-6-9-7-4-5-8-9;2*1-2-5-8-6-3-4-7-8;;/h2*4,7H,2-3,5-6H2,1H3;2*3,6H,2,4-5H2,1H3;;. The van der Waals surface area contributed by atoms with Crippen LogP contribution in [0.3, 0.4) is 0 Å². The number of hydrogen-bond acceptors (Lipinski definition) is 0. The van der Waals surface area contributed by atoms with Gasteiger partial charge in [0.1, 0.15) is 0 Å². The summed E-state index contributed by atoms with van der Waals surface area (Å²) in [5, 5.41) is 0. The van der Waals surface area contributed by atoms with E-state index in [-0.39, 0.29) is 0 Å². The molecule has 4 rings (SSSR count). The Balaban J connectivity index is 0.000000202. The summed E-state index contributed by atoms with van der Waals surface area (Å²) in [5.74, 6) is 0. The summed E-state index contributed by atoms with van der Waals surface area (Å²) in [6, 6.07) is 0. The van der Waals surface area contributed by atoms with Gasteiger partial charge in [-0.2, -0.15) is 0 Å². The number of hydrogen-bond donors (Lipinski definition) is 0. The number of rotatable bonds is 14. The van der Waals surface area contributed by atoms with E-state index in [2.05, 4.69) is 76.3 Å². The molecule has 0 fully saturated rings. The third kappa shape index (κ3) is 9.44. The average Bonchev–Trinajstić information content (AvgIpc) is 3.69. The number of unbranched alkanes of at least 4 members (excludes halogenated alkanes) is 2. The quantitative estimate of drug-likeness (QED) is 0.153. The Morgan fingerprint density at radius 2 is 0.750 bits per heavy atom. The van der Waals surface area contributed by atoms with Gasteiger partial charge in [0.15, 0.2) is 0 Å². The Hall–Kier alpha value is -0.340. The van der Waals surface area contributed by atoms with Gasteiger partial charge >= 0.3 is 248 Å². The van der Waals surface area contributed by atoms with Crippen LogP contribution in [0.15, 0.2) is 84.2 Å². The van der Waals surface area contributed by atoms with Crippen molar-refractivity contribution in [1.82, 2.24) is 0 Å².